The molecule has 2 heteroatoms. The third kappa shape index (κ3) is 2.63. The molecule has 0 fully saturated rings. The van der Waals surface area contributed by atoms with Crippen molar-refractivity contribution in [1.29, 1.82) is 0 Å². The Hall–Kier alpha value is -0.0400. The third-order valence-electron chi connectivity index (χ3n) is 0.656. The normalized spacial score (nSPS) is 13.0. The number of hydrogen-bond donors (Lipinski definition) is 0. The topological polar surface area (TPSA) is 0 Å². The van der Waals surface area contributed by atoms with Crippen molar-refractivity contribution in [2.45, 2.75) is 13.8 Å². The van der Waals surface area contributed by atoms with Crippen LogP contribution in [0, 0.1) is 5.92 Å². The fourth-order valence-electron chi connectivity index (χ4n) is 0.126. The first-order valence-electron chi connectivity index (χ1n) is 2.14. The van der Waals surface area contributed by atoms with Crippen molar-refractivity contribution in [3.05, 3.63) is 11.4 Å². The summed E-state index contributed by atoms with van der Waals surface area (Å²) in [6, 6.07) is 0. The van der Waals surface area contributed by atoms with Gasteiger partial charge < -0.3 is 0 Å². The van der Waals surface area contributed by atoms with Crippen LogP contribution in [-0.2, 0) is 0 Å². The van der Waals surface area contributed by atoms with Gasteiger partial charge in [0.25, 0.3) is 0 Å². The Kier molecular flexibility index (Phi) is 3.01. The lowest BCUT2D eigenvalue weighted by Crippen LogP contribution is -1.82. The van der Waals surface area contributed by atoms with E-state index >= 15 is 0 Å². The molecule has 0 heterocycles. The van der Waals surface area contributed by atoms with Gasteiger partial charge in [-0.05, 0) is 5.92 Å². The summed E-state index contributed by atoms with van der Waals surface area (Å²) in [7, 11) is 0. The smallest absolute Gasteiger partial charge is 0.101 e. The lowest BCUT2D eigenvalue weighted by molar-refractivity contribution is 0.686. The molecule has 0 aliphatic heterocycles. The van der Waals surface area contributed by atoms with Gasteiger partial charge in [-0.15, -0.1) is 0 Å². The summed E-state index contributed by atoms with van der Waals surface area (Å²) in [5.41, 5.74) is 0. The van der Waals surface area contributed by atoms with Crippen LogP contribution in [0.4, 0.5) is 4.39 Å². The molecule has 0 unspecified atom stereocenters. The minimum atomic E-state index is 0.117. The van der Waals surface area contributed by atoms with Gasteiger partial charge in [-0.1, -0.05) is 25.4 Å². The van der Waals surface area contributed by atoms with Crippen LogP contribution in [0.5, 0.6) is 0 Å². The van der Waals surface area contributed by atoms with E-state index in [0.29, 0.717) is 6.33 Å². The van der Waals surface area contributed by atoms with E-state index in [4.69, 9.17) is 11.6 Å². The summed E-state index contributed by atoms with van der Waals surface area (Å²) in [6.07, 6.45) is 0.423. The van der Waals surface area contributed by atoms with E-state index in [1.807, 2.05) is 13.8 Å². The minimum Gasteiger partial charge on any atom is -0.214 e. The van der Waals surface area contributed by atoms with E-state index < -0.39 is 0 Å². The first-order chi connectivity index (χ1) is 3.18. The van der Waals surface area contributed by atoms with Gasteiger partial charge in [-0.2, -0.15) is 0 Å². The predicted octanol–water partition coefficient (Wildman–Crippen LogP) is 2.69. The van der Waals surface area contributed by atoms with Gasteiger partial charge in [0, 0.05) is 5.03 Å². The molecule has 0 aromatic heterocycles. The van der Waals surface area contributed by atoms with E-state index in [-0.39, 0.29) is 11.0 Å². The molecule has 7 heavy (non-hydrogen) atoms. The van der Waals surface area contributed by atoms with Gasteiger partial charge in [0.1, 0.15) is 6.33 Å². The Labute approximate surface area is 48.0 Å². The highest BCUT2D eigenvalue weighted by Gasteiger charge is 1.95. The Balaban J connectivity index is 3.56. The molecule has 0 saturated carbocycles. The van der Waals surface area contributed by atoms with Gasteiger partial charge in [0.15, 0.2) is 0 Å². The van der Waals surface area contributed by atoms with Crippen molar-refractivity contribution in [2.24, 2.45) is 5.92 Å². The SMILES string of the molecule is CC(C)/C(Cl)=C/F. The molecule has 0 aliphatic rings. The van der Waals surface area contributed by atoms with Crippen molar-refractivity contribution >= 4 is 11.6 Å². The second-order valence-corrected chi connectivity index (χ2v) is 2.09. The Morgan fingerprint density at radius 1 is 1.71 bits per heavy atom. The highest BCUT2D eigenvalue weighted by Crippen LogP contribution is 2.12. The Morgan fingerprint density at radius 3 is 2.14 bits per heavy atom. The fraction of sp³-hybridized carbons (Fsp3) is 0.600. The van der Waals surface area contributed by atoms with Crippen LogP contribution in [-0.4, -0.2) is 0 Å². The van der Waals surface area contributed by atoms with Crippen molar-refractivity contribution in [1.82, 2.24) is 0 Å². The molecule has 0 rings (SSSR count). The van der Waals surface area contributed by atoms with Crippen LogP contribution < -0.4 is 0 Å². The summed E-state index contributed by atoms with van der Waals surface area (Å²) in [5, 5.41) is 0.278. The molecule has 0 saturated heterocycles. The monoisotopic (exact) mass is 122 g/mol. The van der Waals surface area contributed by atoms with Crippen molar-refractivity contribution in [3.8, 4) is 0 Å². The molecule has 0 nitrogen and oxygen atoms in total. The van der Waals surface area contributed by atoms with Crippen LogP contribution in [0.1, 0.15) is 13.8 Å². The third-order valence-corrected chi connectivity index (χ3v) is 1.17. The average Bonchev–Trinajstić information content (AvgIpc) is 1.65. The molecule has 0 bridgehead atoms. The molecule has 0 radical (unpaired) electrons. The van der Waals surface area contributed by atoms with Crippen LogP contribution in [0.25, 0.3) is 0 Å². The average molecular weight is 123 g/mol. The van der Waals surface area contributed by atoms with Gasteiger partial charge in [-0.3, -0.25) is 0 Å². The minimum absolute atomic E-state index is 0.117. The molecule has 0 aromatic carbocycles. The first kappa shape index (κ1) is 6.96. The number of halogens is 2. The van der Waals surface area contributed by atoms with Crippen molar-refractivity contribution in [3.63, 3.8) is 0 Å². The maximum atomic E-state index is 11.3. The summed E-state index contributed by atoms with van der Waals surface area (Å²) in [6.45, 7) is 3.66. The summed E-state index contributed by atoms with van der Waals surface area (Å²) in [4.78, 5) is 0. The summed E-state index contributed by atoms with van der Waals surface area (Å²) in [5.74, 6) is 0.117. The van der Waals surface area contributed by atoms with Crippen LogP contribution in [0.2, 0.25) is 0 Å². The van der Waals surface area contributed by atoms with Gasteiger partial charge in [-0.25, -0.2) is 4.39 Å². The zero-order valence-corrected chi connectivity index (χ0v) is 5.17. The zero-order chi connectivity index (χ0) is 5.86. The lowest BCUT2D eigenvalue weighted by atomic mass is 10.2. The second kappa shape index (κ2) is 3.03. The molecular formula is C5H8ClF. The molecule has 42 valence electrons. The van der Waals surface area contributed by atoms with Gasteiger partial charge in [0.05, 0.1) is 0 Å². The van der Waals surface area contributed by atoms with E-state index in [9.17, 15) is 4.39 Å². The molecule has 0 aliphatic carbocycles. The largest absolute Gasteiger partial charge is 0.214 e. The summed E-state index contributed by atoms with van der Waals surface area (Å²) < 4.78 is 11.3. The molecular weight excluding hydrogens is 115 g/mol. The molecule has 0 N–H and O–H groups in total. The van der Waals surface area contributed by atoms with Crippen LogP contribution in [0.15, 0.2) is 11.4 Å². The summed E-state index contributed by atoms with van der Waals surface area (Å²) >= 11 is 5.29. The highest BCUT2D eigenvalue weighted by molar-refractivity contribution is 6.29. The zero-order valence-electron chi connectivity index (χ0n) is 4.41. The Morgan fingerprint density at radius 2 is 2.14 bits per heavy atom. The van der Waals surface area contributed by atoms with E-state index in [2.05, 4.69) is 0 Å². The molecule has 0 aromatic rings. The standard InChI is InChI=1S/C5H8ClF/c1-4(2)5(6)3-7/h3-4H,1-2H3/b5-3-. The predicted molar refractivity (Wildman–Crippen MR) is 29.9 cm³/mol. The fourth-order valence-corrected chi connectivity index (χ4v) is 0.126. The molecule has 0 amide bonds. The van der Waals surface area contributed by atoms with Crippen molar-refractivity contribution < 1.29 is 4.39 Å². The maximum absolute atomic E-state index is 11.3. The van der Waals surface area contributed by atoms with Gasteiger partial charge in [0.2, 0.25) is 0 Å². The molecule has 0 atom stereocenters. The lowest BCUT2D eigenvalue weighted by Gasteiger charge is -1.95. The number of rotatable bonds is 1. The van der Waals surface area contributed by atoms with E-state index in [1.54, 1.807) is 0 Å². The van der Waals surface area contributed by atoms with E-state index in [1.165, 1.54) is 0 Å². The number of hydrogen-bond acceptors (Lipinski definition) is 0. The van der Waals surface area contributed by atoms with Gasteiger partial charge >= 0.3 is 0 Å². The van der Waals surface area contributed by atoms with E-state index in [0.717, 1.165) is 0 Å². The first-order valence-corrected chi connectivity index (χ1v) is 2.52. The quantitative estimate of drug-likeness (QED) is 0.502. The number of allylic oxidation sites excluding steroid dienone is 1. The second-order valence-electron chi connectivity index (χ2n) is 1.65. The Bertz CT molecular complexity index is 76.1. The van der Waals surface area contributed by atoms with Crippen LogP contribution >= 0.6 is 11.6 Å². The highest BCUT2D eigenvalue weighted by atomic mass is 35.5. The van der Waals surface area contributed by atoms with Crippen LogP contribution in [0.3, 0.4) is 0 Å². The molecule has 0 spiro atoms. The maximum Gasteiger partial charge on any atom is 0.101 e. The van der Waals surface area contributed by atoms with Crippen molar-refractivity contribution in [2.75, 3.05) is 0 Å².